The third-order valence-electron chi connectivity index (χ3n) is 6.90. The zero-order chi connectivity index (χ0) is 26.0. The molecule has 2 unspecified atom stereocenters. The number of carbonyl (C=O) groups excluding carboxylic acids is 2. The van der Waals surface area contributed by atoms with Crippen LogP contribution in [-0.4, -0.2) is 47.6 Å². The first-order valence-electron chi connectivity index (χ1n) is 12.9. The summed E-state index contributed by atoms with van der Waals surface area (Å²) in [5, 5.41) is 11.4. The van der Waals surface area contributed by atoms with Crippen LogP contribution in [0.2, 0.25) is 0 Å². The number of nitrogens with zero attached hydrogens (tertiary/aromatic N) is 1. The minimum atomic E-state index is -0.674. The number of benzene rings is 2. The van der Waals surface area contributed by atoms with E-state index < -0.39 is 17.7 Å². The minimum Gasteiger partial charge on any atom is -0.507 e. The molecule has 1 N–H and O–H groups in total. The van der Waals surface area contributed by atoms with E-state index in [4.69, 9.17) is 9.47 Å². The summed E-state index contributed by atoms with van der Waals surface area (Å²) in [6.07, 6.45) is 1.67. The standard InChI is InChI=1S/C30H37NO5/c1-18(2)17-36-25-13-12-23(15-20(25)5)28(32)26-27(22-10-8-21(9-11-22)19(3)4)31(30(34)29(26)33)16-24-7-6-14-35-24/h8-13,15,18-19,24,27,32H,6-7,14,16-17H2,1-5H3/b28-26-. The summed E-state index contributed by atoms with van der Waals surface area (Å²) in [4.78, 5) is 28.1. The monoisotopic (exact) mass is 491 g/mol. The SMILES string of the molecule is Cc1cc(/C(O)=C2/C(=O)C(=O)N(CC3CCCO3)C2c2ccc(C(C)C)cc2)ccc1OCC(C)C. The third kappa shape index (κ3) is 5.34. The molecule has 1 amide bonds. The average molecular weight is 492 g/mol. The maximum Gasteiger partial charge on any atom is 0.295 e. The molecule has 192 valence electrons. The summed E-state index contributed by atoms with van der Waals surface area (Å²) < 4.78 is 11.7. The Kier molecular flexibility index (Phi) is 7.84. The van der Waals surface area contributed by atoms with Gasteiger partial charge in [0.2, 0.25) is 0 Å². The summed E-state index contributed by atoms with van der Waals surface area (Å²) in [7, 11) is 0. The lowest BCUT2D eigenvalue weighted by atomic mass is 9.93. The van der Waals surface area contributed by atoms with Crippen LogP contribution in [0.25, 0.3) is 5.76 Å². The van der Waals surface area contributed by atoms with E-state index >= 15 is 0 Å². The summed E-state index contributed by atoms with van der Waals surface area (Å²) in [5.74, 6) is 0.0513. The van der Waals surface area contributed by atoms with Gasteiger partial charge in [-0.1, -0.05) is 52.0 Å². The lowest BCUT2D eigenvalue weighted by Crippen LogP contribution is -2.36. The Bertz CT molecular complexity index is 1140. The van der Waals surface area contributed by atoms with Crippen molar-refractivity contribution in [2.75, 3.05) is 19.8 Å². The number of likely N-dealkylation sites (tertiary alicyclic amines) is 1. The van der Waals surface area contributed by atoms with E-state index in [2.05, 4.69) is 27.7 Å². The molecule has 2 saturated heterocycles. The third-order valence-corrected chi connectivity index (χ3v) is 6.90. The number of rotatable bonds is 8. The molecule has 2 aliphatic rings. The summed E-state index contributed by atoms with van der Waals surface area (Å²) >= 11 is 0. The zero-order valence-electron chi connectivity index (χ0n) is 21.9. The number of aliphatic hydroxyl groups excluding tert-OH is 1. The number of hydrogen-bond donors (Lipinski definition) is 1. The normalized spacial score (nSPS) is 21.7. The highest BCUT2D eigenvalue weighted by Gasteiger charge is 2.47. The van der Waals surface area contributed by atoms with E-state index in [-0.39, 0.29) is 17.4 Å². The largest absolute Gasteiger partial charge is 0.507 e. The minimum absolute atomic E-state index is 0.111. The van der Waals surface area contributed by atoms with Crippen molar-refractivity contribution in [3.63, 3.8) is 0 Å². The first kappa shape index (κ1) is 26.0. The van der Waals surface area contributed by atoms with Gasteiger partial charge in [-0.05, 0) is 66.5 Å². The van der Waals surface area contributed by atoms with Gasteiger partial charge >= 0.3 is 0 Å². The maximum atomic E-state index is 13.3. The fourth-order valence-corrected chi connectivity index (χ4v) is 4.86. The summed E-state index contributed by atoms with van der Waals surface area (Å²) in [6.45, 7) is 11.9. The number of aryl methyl sites for hydroxylation is 1. The molecule has 6 nitrogen and oxygen atoms in total. The highest BCUT2D eigenvalue weighted by Crippen LogP contribution is 2.41. The number of carbonyl (C=O) groups is 2. The number of amides is 1. The second-order valence-corrected chi connectivity index (χ2v) is 10.6. The van der Waals surface area contributed by atoms with Crippen molar-refractivity contribution < 1.29 is 24.2 Å². The van der Waals surface area contributed by atoms with Crippen molar-refractivity contribution in [1.29, 1.82) is 0 Å². The smallest absolute Gasteiger partial charge is 0.295 e. The highest BCUT2D eigenvalue weighted by molar-refractivity contribution is 6.46. The zero-order valence-corrected chi connectivity index (χ0v) is 21.9. The van der Waals surface area contributed by atoms with Gasteiger partial charge in [-0.3, -0.25) is 9.59 Å². The van der Waals surface area contributed by atoms with E-state index in [1.54, 1.807) is 17.0 Å². The molecule has 0 radical (unpaired) electrons. The number of hydrogen-bond acceptors (Lipinski definition) is 5. The van der Waals surface area contributed by atoms with Crippen LogP contribution < -0.4 is 4.74 Å². The van der Waals surface area contributed by atoms with Crippen LogP contribution in [0, 0.1) is 12.8 Å². The second kappa shape index (κ2) is 10.9. The van der Waals surface area contributed by atoms with Crippen LogP contribution in [0.1, 0.15) is 74.8 Å². The molecular weight excluding hydrogens is 454 g/mol. The Morgan fingerprint density at radius 3 is 2.42 bits per heavy atom. The Morgan fingerprint density at radius 1 is 1.11 bits per heavy atom. The van der Waals surface area contributed by atoms with E-state index in [0.29, 0.717) is 37.2 Å². The van der Waals surface area contributed by atoms with Crippen molar-refractivity contribution >= 4 is 17.4 Å². The molecule has 0 bridgehead atoms. The maximum absolute atomic E-state index is 13.3. The van der Waals surface area contributed by atoms with E-state index in [0.717, 1.165) is 29.7 Å². The lowest BCUT2D eigenvalue weighted by molar-refractivity contribution is -0.140. The first-order chi connectivity index (χ1) is 17.2. The van der Waals surface area contributed by atoms with Gasteiger partial charge < -0.3 is 19.5 Å². The number of Topliss-reactive ketones (excluding diaryl/α,β-unsaturated/α-hetero) is 1. The average Bonchev–Trinajstić information content (AvgIpc) is 3.45. The number of ether oxygens (including phenoxy) is 2. The molecule has 2 fully saturated rings. The lowest BCUT2D eigenvalue weighted by Gasteiger charge is -2.27. The van der Waals surface area contributed by atoms with Crippen molar-refractivity contribution in [2.24, 2.45) is 5.92 Å². The Balaban J connectivity index is 1.75. The van der Waals surface area contributed by atoms with Crippen LogP contribution in [0.3, 0.4) is 0 Å². The fourth-order valence-electron chi connectivity index (χ4n) is 4.86. The fraction of sp³-hybridized carbons (Fsp3) is 0.467. The number of ketones is 1. The van der Waals surface area contributed by atoms with Crippen molar-refractivity contribution in [3.05, 3.63) is 70.3 Å². The molecular formula is C30H37NO5. The Hall–Kier alpha value is -3.12. The highest BCUT2D eigenvalue weighted by atomic mass is 16.5. The molecule has 6 heteroatoms. The van der Waals surface area contributed by atoms with Gasteiger partial charge in [0.25, 0.3) is 11.7 Å². The van der Waals surface area contributed by atoms with Gasteiger partial charge in [0.15, 0.2) is 0 Å². The quantitative estimate of drug-likeness (QED) is 0.289. The summed E-state index contributed by atoms with van der Waals surface area (Å²) in [5.41, 5.74) is 3.43. The van der Waals surface area contributed by atoms with Crippen LogP contribution >= 0.6 is 0 Å². The molecule has 2 aromatic rings. The van der Waals surface area contributed by atoms with E-state index in [1.165, 1.54) is 5.56 Å². The molecule has 0 aliphatic carbocycles. The molecule has 0 spiro atoms. The van der Waals surface area contributed by atoms with Crippen molar-refractivity contribution in [3.8, 4) is 5.75 Å². The van der Waals surface area contributed by atoms with Gasteiger partial charge in [-0.15, -0.1) is 0 Å². The molecule has 0 aromatic heterocycles. The molecule has 2 heterocycles. The van der Waals surface area contributed by atoms with Gasteiger partial charge in [0.1, 0.15) is 11.5 Å². The predicted octanol–water partition coefficient (Wildman–Crippen LogP) is 5.75. The topological polar surface area (TPSA) is 76.1 Å². The van der Waals surface area contributed by atoms with Gasteiger partial charge in [0.05, 0.1) is 24.3 Å². The molecule has 0 saturated carbocycles. The van der Waals surface area contributed by atoms with Crippen molar-refractivity contribution in [2.45, 2.75) is 65.5 Å². The number of aliphatic hydroxyl groups is 1. The Morgan fingerprint density at radius 2 is 1.83 bits per heavy atom. The molecule has 2 atom stereocenters. The van der Waals surface area contributed by atoms with Crippen LogP contribution in [0.4, 0.5) is 0 Å². The van der Waals surface area contributed by atoms with Crippen LogP contribution in [0.15, 0.2) is 48.0 Å². The van der Waals surface area contributed by atoms with Crippen molar-refractivity contribution in [1.82, 2.24) is 4.90 Å². The molecule has 36 heavy (non-hydrogen) atoms. The molecule has 4 rings (SSSR count). The van der Waals surface area contributed by atoms with Gasteiger partial charge in [-0.2, -0.15) is 0 Å². The van der Waals surface area contributed by atoms with Crippen LogP contribution in [-0.2, 0) is 14.3 Å². The van der Waals surface area contributed by atoms with E-state index in [1.807, 2.05) is 37.3 Å². The second-order valence-electron chi connectivity index (χ2n) is 10.6. The summed E-state index contributed by atoms with van der Waals surface area (Å²) in [6, 6.07) is 12.6. The Labute approximate surface area is 213 Å². The first-order valence-corrected chi connectivity index (χ1v) is 12.9. The molecule has 2 aliphatic heterocycles. The molecule has 2 aromatic carbocycles. The van der Waals surface area contributed by atoms with Crippen LogP contribution in [0.5, 0.6) is 5.75 Å². The predicted molar refractivity (Wildman–Crippen MR) is 140 cm³/mol. The van der Waals surface area contributed by atoms with Gasteiger partial charge in [-0.25, -0.2) is 0 Å². The van der Waals surface area contributed by atoms with Gasteiger partial charge in [0, 0.05) is 18.7 Å². The van der Waals surface area contributed by atoms with E-state index in [9.17, 15) is 14.7 Å².